The smallest absolute Gasteiger partial charge is 0.273 e. The van der Waals surface area contributed by atoms with Gasteiger partial charge in [0.1, 0.15) is 11.9 Å². The molecule has 0 radical (unpaired) electrons. The van der Waals surface area contributed by atoms with Crippen LogP contribution in [0.15, 0.2) is 36.7 Å². The third-order valence-corrected chi connectivity index (χ3v) is 8.09. The Morgan fingerprint density at radius 2 is 1.72 bits per heavy atom. The molecule has 3 fully saturated rings. The number of halogens is 1. The van der Waals surface area contributed by atoms with Gasteiger partial charge in [-0.3, -0.25) is 24.3 Å². The lowest BCUT2D eigenvalue weighted by atomic mass is 9.85. The van der Waals surface area contributed by atoms with Crippen molar-refractivity contribution in [1.82, 2.24) is 19.9 Å². The van der Waals surface area contributed by atoms with Gasteiger partial charge in [-0.1, -0.05) is 18.0 Å². The highest BCUT2D eigenvalue weighted by molar-refractivity contribution is 6.30. The van der Waals surface area contributed by atoms with Crippen molar-refractivity contribution in [3.05, 3.63) is 58.4 Å². The second kappa shape index (κ2) is 9.48. The second-order valence-electron chi connectivity index (χ2n) is 10.2. The fraction of sp³-hybridized carbons (Fsp3) is 0.481. The molecule has 0 unspecified atom stereocenters. The first kappa shape index (κ1) is 23.4. The molecule has 6 rings (SSSR count). The number of amides is 3. The van der Waals surface area contributed by atoms with Crippen LogP contribution < -0.4 is 4.74 Å². The minimum atomic E-state index is -0.310. The number of piperidine rings is 1. The molecule has 1 saturated carbocycles. The van der Waals surface area contributed by atoms with Crippen LogP contribution in [0, 0.1) is 0 Å². The Morgan fingerprint density at radius 3 is 2.50 bits per heavy atom. The Labute approximate surface area is 215 Å². The van der Waals surface area contributed by atoms with E-state index in [2.05, 4.69) is 9.88 Å². The Kier molecular flexibility index (Phi) is 6.17. The molecule has 36 heavy (non-hydrogen) atoms. The van der Waals surface area contributed by atoms with Crippen LogP contribution in [0.5, 0.6) is 5.75 Å². The van der Waals surface area contributed by atoms with Crippen LogP contribution in [0.1, 0.15) is 72.3 Å². The molecule has 1 aromatic heterocycles. The van der Waals surface area contributed by atoms with Crippen molar-refractivity contribution in [2.75, 3.05) is 13.1 Å². The lowest BCUT2D eigenvalue weighted by Crippen LogP contribution is -2.57. The maximum Gasteiger partial charge on any atom is 0.273 e. The fourth-order valence-electron chi connectivity index (χ4n) is 5.98. The molecule has 188 valence electrons. The Bertz CT molecular complexity index is 1200. The molecule has 0 N–H and O–H groups in total. The molecule has 4 aliphatic rings. The van der Waals surface area contributed by atoms with Crippen molar-refractivity contribution < 1.29 is 19.1 Å². The van der Waals surface area contributed by atoms with E-state index in [0.29, 0.717) is 29.0 Å². The van der Waals surface area contributed by atoms with Gasteiger partial charge < -0.3 is 4.74 Å². The number of hydrazine groups is 1. The lowest BCUT2D eigenvalue weighted by molar-refractivity contribution is -0.163. The third-order valence-electron chi connectivity index (χ3n) is 7.89. The molecule has 2 saturated heterocycles. The SMILES string of the molecule is O=C1c2ccc(O[C@@H]3CCCC[C@H]3N3CC(c4cncc(Cl)c4)C3)cc2CN1N1C(=O)CCCC1=O. The number of imide groups is 1. The number of carbonyl (C=O) groups is 3. The average molecular weight is 509 g/mol. The molecule has 3 aliphatic heterocycles. The summed E-state index contributed by atoms with van der Waals surface area (Å²) in [5.41, 5.74) is 2.49. The van der Waals surface area contributed by atoms with Crippen LogP contribution in [-0.2, 0) is 16.1 Å². The van der Waals surface area contributed by atoms with Crippen molar-refractivity contribution in [2.45, 2.75) is 69.6 Å². The number of fused-ring (bicyclic) bond motifs is 1. The Balaban J connectivity index is 1.13. The van der Waals surface area contributed by atoms with Crippen molar-refractivity contribution in [2.24, 2.45) is 0 Å². The van der Waals surface area contributed by atoms with Crippen molar-refractivity contribution >= 4 is 29.3 Å². The highest BCUT2D eigenvalue weighted by atomic mass is 35.5. The number of pyridine rings is 1. The van der Waals surface area contributed by atoms with E-state index in [1.54, 1.807) is 12.3 Å². The van der Waals surface area contributed by atoms with E-state index in [1.807, 2.05) is 24.4 Å². The monoisotopic (exact) mass is 508 g/mol. The largest absolute Gasteiger partial charge is 0.489 e. The van der Waals surface area contributed by atoms with Gasteiger partial charge in [0.2, 0.25) is 11.8 Å². The number of hydrogen-bond acceptors (Lipinski definition) is 6. The standard InChI is InChI=1S/C27H29ClN4O4/c28-20-10-17(12-29-13-20)19-14-30(15-19)23-4-1-2-5-24(23)36-21-8-9-22-18(11-21)16-31(27(22)35)32-25(33)6-3-7-26(32)34/h8-13,19,23-24H,1-7,14-16H2/t23-,24-/m1/s1. The molecular weight excluding hydrogens is 480 g/mol. The third kappa shape index (κ3) is 4.26. The summed E-state index contributed by atoms with van der Waals surface area (Å²) in [6, 6.07) is 7.84. The number of likely N-dealkylation sites (tertiary alicyclic amines) is 1. The van der Waals surface area contributed by atoms with Gasteiger partial charge in [-0.05, 0) is 61.1 Å². The summed E-state index contributed by atoms with van der Waals surface area (Å²) in [6.45, 7) is 2.15. The predicted octanol–water partition coefficient (Wildman–Crippen LogP) is 3.93. The van der Waals surface area contributed by atoms with E-state index in [4.69, 9.17) is 16.3 Å². The first-order valence-electron chi connectivity index (χ1n) is 12.8. The van der Waals surface area contributed by atoms with E-state index in [9.17, 15) is 14.4 Å². The molecule has 4 heterocycles. The molecule has 0 spiro atoms. The fourth-order valence-corrected chi connectivity index (χ4v) is 6.16. The van der Waals surface area contributed by atoms with E-state index in [0.717, 1.165) is 48.7 Å². The lowest BCUT2D eigenvalue weighted by Gasteiger charge is -2.48. The number of benzene rings is 1. The predicted molar refractivity (Wildman–Crippen MR) is 132 cm³/mol. The van der Waals surface area contributed by atoms with Gasteiger partial charge in [-0.2, -0.15) is 5.01 Å². The zero-order valence-corrected chi connectivity index (χ0v) is 20.8. The molecule has 8 nitrogen and oxygen atoms in total. The van der Waals surface area contributed by atoms with Crippen LogP contribution in [0.25, 0.3) is 0 Å². The first-order chi connectivity index (χ1) is 17.5. The van der Waals surface area contributed by atoms with Crippen LogP contribution in [-0.4, -0.2) is 62.9 Å². The number of ether oxygens (including phenoxy) is 1. The van der Waals surface area contributed by atoms with Crippen LogP contribution in [0.4, 0.5) is 0 Å². The Hall–Kier alpha value is -2.97. The van der Waals surface area contributed by atoms with Gasteiger partial charge in [0, 0.05) is 55.8 Å². The second-order valence-corrected chi connectivity index (χ2v) is 10.7. The average Bonchev–Trinajstić information content (AvgIpc) is 3.14. The molecule has 1 aliphatic carbocycles. The van der Waals surface area contributed by atoms with Crippen LogP contribution in [0.2, 0.25) is 5.02 Å². The topological polar surface area (TPSA) is 83.1 Å². The quantitative estimate of drug-likeness (QED) is 0.569. The molecular formula is C27H29ClN4O4. The minimum Gasteiger partial charge on any atom is -0.489 e. The van der Waals surface area contributed by atoms with Crippen LogP contribution in [0.3, 0.4) is 0 Å². The van der Waals surface area contributed by atoms with Crippen molar-refractivity contribution in [3.63, 3.8) is 0 Å². The zero-order valence-electron chi connectivity index (χ0n) is 20.1. The maximum atomic E-state index is 13.0. The number of rotatable bonds is 5. The number of nitrogens with zero attached hydrogens (tertiary/aromatic N) is 4. The molecule has 2 aromatic rings. The molecule has 3 amide bonds. The molecule has 2 atom stereocenters. The number of carbonyl (C=O) groups excluding carboxylic acids is 3. The van der Waals surface area contributed by atoms with Crippen molar-refractivity contribution in [3.8, 4) is 5.75 Å². The minimum absolute atomic E-state index is 0.0775. The summed E-state index contributed by atoms with van der Waals surface area (Å²) in [6.07, 6.45) is 9.17. The van der Waals surface area contributed by atoms with E-state index in [-0.39, 0.29) is 43.2 Å². The maximum absolute atomic E-state index is 13.0. The van der Waals surface area contributed by atoms with Gasteiger partial charge in [-0.15, -0.1) is 0 Å². The first-order valence-corrected chi connectivity index (χ1v) is 13.2. The number of hydrogen-bond donors (Lipinski definition) is 0. The van der Waals surface area contributed by atoms with Gasteiger partial charge in [-0.25, -0.2) is 5.01 Å². The van der Waals surface area contributed by atoms with Gasteiger partial charge in [0.05, 0.1) is 11.6 Å². The highest BCUT2D eigenvalue weighted by Gasteiger charge is 2.41. The van der Waals surface area contributed by atoms with Crippen LogP contribution >= 0.6 is 11.6 Å². The van der Waals surface area contributed by atoms with Gasteiger partial charge in [0.15, 0.2) is 0 Å². The van der Waals surface area contributed by atoms with E-state index < -0.39 is 0 Å². The van der Waals surface area contributed by atoms with Gasteiger partial charge >= 0.3 is 0 Å². The number of aromatic nitrogens is 1. The van der Waals surface area contributed by atoms with Crippen molar-refractivity contribution in [1.29, 1.82) is 0 Å². The summed E-state index contributed by atoms with van der Waals surface area (Å²) < 4.78 is 6.52. The molecule has 0 bridgehead atoms. The summed E-state index contributed by atoms with van der Waals surface area (Å²) in [5.74, 6) is 0.243. The summed E-state index contributed by atoms with van der Waals surface area (Å²) in [4.78, 5) is 44.4. The summed E-state index contributed by atoms with van der Waals surface area (Å²) in [7, 11) is 0. The summed E-state index contributed by atoms with van der Waals surface area (Å²) >= 11 is 6.13. The summed E-state index contributed by atoms with van der Waals surface area (Å²) in [5, 5.41) is 3.00. The normalized spacial score (nSPS) is 25.2. The molecule has 1 aromatic carbocycles. The molecule has 9 heteroatoms. The zero-order chi connectivity index (χ0) is 24.8. The van der Waals surface area contributed by atoms with E-state index in [1.165, 1.54) is 17.0 Å². The Morgan fingerprint density at radius 1 is 0.944 bits per heavy atom. The highest BCUT2D eigenvalue weighted by Crippen LogP contribution is 2.37. The van der Waals surface area contributed by atoms with Gasteiger partial charge in [0.25, 0.3) is 5.91 Å². The van der Waals surface area contributed by atoms with E-state index >= 15 is 0 Å².